The van der Waals surface area contributed by atoms with Gasteiger partial charge in [0.25, 0.3) is 5.56 Å². The van der Waals surface area contributed by atoms with Gasteiger partial charge in [0.2, 0.25) is 5.95 Å². The Morgan fingerprint density at radius 3 is 2.58 bits per heavy atom. The van der Waals surface area contributed by atoms with E-state index in [1.165, 1.54) is 24.3 Å². The molecule has 0 atom stereocenters. The maximum absolute atomic E-state index is 13.1. The first kappa shape index (κ1) is 16.0. The van der Waals surface area contributed by atoms with Crippen LogP contribution in [0.25, 0.3) is 11.3 Å². The van der Waals surface area contributed by atoms with Crippen LogP contribution >= 0.6 is 11.6 Å². The van der Waals surface area contributed by atoms with Gasteiger partial charge in [-0.2, -0.15) is 0 Å². The SMILES string of the molecule is COc1ccc(-c2cc(=O)[nH]c(Nc3ccc(F)cc3Cl)n2)cc1. The smallest absolute Gasteiger partial charge is 0.252 e. The van der Waals surface area contributed by atoms with Crippen molar-refractivity contribution in [3.05, 3.63) is 69.7 Å². The van der Waals surface area contributed by atoms with Crippen molar-refractivity contribution in [2.24, 2.45) is 0 Å². The second-order valence-corrected chi connectivity index (χ2v) is 5.36. The Morgan fingerprint density at radius 2 is 1.92 bits per heavy atom. The van der Waals surface area contributed by atoms with E-state index < -0.39 is 5.82 Å². The number of aromatic amines is 1. The summed E-state index contributed by atoms with van der Waals surface area (Å²) < 4.78 is 18.2. The molecule has 7 heteroatoms. The number of rotatable bonds is 4. The Hall–Kier alpha value is -2.86. The Morgan fingerprint density at radius 1 is 1.17 bits per heavy atom. The maximum Gasteiger partial charge on any atom is 0.252 e. The van der Waals surface area contributed by atoms with E-state index in [9.17, 15) is 9.18 Å². The summed E-state index contributed by atoms with van der Waals surface area (Å²) in [6, 6.07) is 12.5. The van der Waals surface area contributed by atoms with E-state index in [1.54, 1.807) is 31.4 Å². The first-order chi connectivity index (χ1) is 11.5. The monoisotopic (exact) mass is 345 g/mol. The number of aromatic nitrogens is 2. The zero-order valence-corrected chi connectivity index (χ0v) is 13.4. The van der Waals surface area contributed by atoms with Gasteiger partial charge in [-0.05, 0) is 42.5 Å². The summed E-state index contributed by atoms with van der Waals surface area (Å²) in [4.78, 5) is 18.8. The quantitative estimate of drug-likeness (QED) is 0.750. The first-order valence-corrected chi connectivity index (χ1v) is 7.41. The summed E-state index contributed by atoms with van der Waals surface area (Å²) in [7, 11) is 1.58. The minimum Gasteiger partial charge on any atom is -0.497 e. The van der Waals surface area contributed by atoms with Gasteiger partial charge >= 0.3 is 0 Å². The first-order valence-electron chi connectivity index (χ1n) is 7.03. The highest BCUT2D eigenvalue weighted by Crippen LogP contribution is 2.25. The fraction of sp³-hybridized carbons (Fsp3) is 0.0588. The third kappa shape index (κ3) is 3.55. The van der Waals surface area contributed by atoms with Crippen LogP contribution in [0.5, 0.6) is 5.75 Å². The number of methoxy groups -OCH3 is 1. The molecule has 0 fully saturated rings. The number of halogens is 2. The summed E-state index contributed by atoms with van der Waals surface area (Å²) in [6.07, 6.45) is 0. The summed E-state index contributed by atoms with van der Waals surface area (Å²) in [5.74, 6) is 0.473. The number of anilines is 2. The highest BCUT2D eigenvalue weighted by Gasteiger charge is 2.07. The Bertz CT molecular complexity index is 926. The number of nitrogens with zero attached hydrogens (tertiary/aromatic N) is 1. The molecule has 2 N–H and O–H groups in total. The fourth-order valence-electron chi connectivity index (χ4n) is 2.14. The van der Waals surface area contributed by atoms with Crippen molar-refractivity contribution in [1.82, 2.24) is 9.97 Å². The zero-order valence-electron chi connectivity index (χ0n) is 12.6. The van der Waals surface area contributed by atoms with Gasteiger partial charge in [-0.25, -0.2) is 9.37 Å². The van der Waals surface area contributed by atoms with Crippen LogP contribution in [-0.4, -0.2) is 17.1 Å². The molecule has 0 saturated carbocycles. The van der Waals surface area contributed by atoms with Crippen molar-refractivity contribution in [2.45, 2.75) is 0 Å². The maximum atomic E-state index is 13.1. The molecular formula is C17H13ClFN3O2. The third-order valence-electron chi connectivity index (χ3n) is 3.31. The number of hydrogen-bond acceptors (Lipinski definition) is 4. The van der Waals surface area contributed by atoms with Crippen LogP contribution in [0.3, 0.4) is 0 Å². The normalized spacial score (nSPS) is 10.5. The summed E-state index contributed by atoms with van der Waals surface area (Å²) >= 11 is 5.97. The van der Waals surface area contributed by atoms with Crippen molar-refractivity contribution in [3.63, 3.8) is 0 Å². The lowest BCUT2D eigenvalue weighted by atomic mass is 10.1. The second-order valence-electron chi connectivity index (χ2n) is 4.96. The van der Waals surface area contributed by atoms with Crippen LogP contribution in [0.2, 0.25) is 5.02 Å². The minimum absolute atomic E-state index is 0.187. The van der Waals surface area contributed by atoms with Crippen LogP contribution < -0.4 is 15.6 Å². The van der Waals surface area contributed by atoms with Crippen LogP contribution in [0.4, 0.5) is 16.0 Å². The van der Waals surface area contributed by atoms with Gasteiger partial charge in [0, 0.05) is 11.6 Å². The van der Waals surface area contributed by atoms with E-state index in [4.69, 9.17) is 16.3 Å². The van der Waals surface area contributed by atoms with Crippen LogP contribution in [0.15, 0.2) is 53.3 Å². The molecule has 24 heavy (non-hydrogen) atoms. The lowest BCUT2D eigenvalue weighted by molar-refractivity contribution is 0.415. The molecule has 1 heterocycles. The van der Waals surface area contributed by atoms with E-state index in [0.717, 1.165) is 5.56 Å². The molecule has 2 aromatic carbocycles. The Labute approximate surface area is 142 Å². The lowest BCUT2D eigenvalue weighted by Gasteiger charge is -2.09. The molecule has 0 bridgehead atoms. The molecule has 0 unspecified atom stereocenters. The van der Waals surface area contributed by atoms with Gasteiger partial charge in [0.05, 0.1) is 23.5 Å². The van der Waals surface area contributed by atoms with Gasteiger partial charge in [-0.15, -0.1) is 0 Å². The number of ether oxygens (including phenoxy) is 1. The number of nitrogens with one attached hydrogen (secondary N) is 2. The number of hydrogen-bond donors (Lipinski definition) is 2. The van der Waals surface area contributed by atoms with Gasteiger partial charge in [0.15, 0.2) is 0 Å². The molecule has 0 aliphatic heterocycles. The lowest BCUT2D eigenvalue weighted by Crippen LogP contribution is -2.10. The molecule has 0 aliphatic carbocycles. The van der Waals surface area contributed by atoms with Gasteiger partial charge in [-0.3, -0.25) is 9.78 Å². The van der Waals surface area contributed by atoms with E-state index in [0.29, 0.717) is 17.1 Å². The zero-order chi connectivity index (χ0) is 17.1. The number of H-pyrrole nitrogens is 1. The predicted octanol–water partition coefficient (Wildman–Crippen LogP) is 3.98. The highest BCUT2D eigenvalue weighted by atomic mass is 35.5. The molecule has 0 aliphatic rings. The van der Waals surface area contributed by atoms with E-state index in [-0.39, 0.29) is 16.5 Å². The minimum atomic E-state index is -0.445. The van der Waals surface area contributed by atoms with Gasteiger partial charge in [-0.1, -0.05) is 11.6 Å². The van der Waals surface area contributed by atoms with Crippen molar-refractivity contribution in [3.8, 4) is 17.0 Å². The Kier molecular flexibility index (Phi) is 4.48. The summed E-state index contributed by atoms with van der Waals surface area (Å²) in [5, 5.41) is 3.07. The standard InChI is InChI=1S/C17H13ClFN3O2/c1-24-12-5-2-10(3-6-12)15-9-16(23)22-17(21-15)20-14-7-4-11(19)8-13(14)18/h2-9H,1H3,(H2,20,21,22,23). The van der Waals surface area contributed by atoms with Crippen molar-refractivity contribution >= 4 is 23.2 Å². The average Bonchev–Trinajstić information content (AvgIpc) is 2.57. The average molecular weight is 346 g/mol. The molecule has 0 saturated heterocycles. The van der Waals surface area contributed by atoms with Gasteiger partial charge < -0.3 is 10.1 Å². The number of benzene rings is 2. The van der Waals surface area contributed by atoms with E-state index >= 15 is 0 Å². The topological polar surface area (TPSA) is 67.0 Å². The van der Waals surface area contributed by atoms with E-state index in [1.807, 2.05) is 0 Å². The summed E-state index contributed by atoms with van der Waals surface area (Å²) in [5.41, 5.74) is 1.36. The van der Waals surface area contributed by atoms with Crippen LogP contribution in [-0.2, 0) is 0 Å². The highest BCUT2D eigenvalue weighted by molar-refractivity contribution is 6.33. The molecule has 0 spiro atoms. The van der Waals surface area contributed by atoms with Crippen molar-refractivity contribution in [2.75, 3.05) is 12.4 Å². The molecule has 0 amide bonds. The molecule has 1 aromatic heterocycles. The predicted molar refractivity (Wildman–Crippen MR) is 91.5 cm³/mol. The van der Waals surface area contributed by atoms with Crippen molar-refractivity contribution < 1.29 is 9.13 Å². The molecule has 0 radical (unpaired) electrons. The second kappa shape index (κ2) is 6.72. The summed E-state index contributed by atoms with van der Waals surface area (Å²) in [6.45, 7) is 0. The molecule has 5 nitrogen and oxygen atoms in total. The van der Waals surface area contributed by atoms with Gasteiger partial charge in [0.1, 0.15) is 11.6 Å². The molecule has 3 rings (SSSR count). The Balaban J connectivity index is 1.95. The van der Waals surface area contributed by atoms with Crippen LogP contribution in [0.1, 0.15) is 0 Å². The third-order valence-corrected chi connectivity index (χ3v) is 3.62. The molecule has 122 valence electrons. The largest absolute Gasteiger partial charge is 0.497 e. The molecule has 3 aromatic rings. The fourth-order valence-corrected chi connectivity index (χ4v) is 2.36. The van der Waals surface area contributed by atoms with E-state index in [2.05, 4.69) is 15.3 Å². The van der Waals surface area contributed by atoms with Crippen molar-refractivity contribution in [1.29, 1.82) is 0 Å². The van der Waals surface area contributed by atoms with Crippen LogP contribution in [0, 0.1) is 5.82 Å². The molecular weight excluding hydrogens is 333 g/mol.